The second-order valence-corrected chi connectivity index (χ2v) is 3.82. The van der Waals surface area contributed by atoms with Crippen LogP contribution in [0.2, 0.25) is 0 Å². The number of aryl methyl sites for hydroxylation is 2. The van der Waals surface area contributed by atoms with Crippen molar-refractivity contribution in [1.29, 1.82) is 0 Å². The summed E-state index contributed by atoms with van der Waals surface area (Å²) in [6, 6.07) is 7.85. The van der Waals surface area contributed by atoms with Crippen LogP contribution in [-0.4, -0.2) is 17.1 Å². The van der Waals surface area contributed by atoms with Gasteiger partial charge in [-0.2, -0.15) is 0 Å². The standard InChI is InChI=1S/C12H17NO2/c1-9-4-2-3-5-10(9)6-7-11(13)8-12(14)15/h2-5,11H,6-8,13H2,1H3,(H,14,15)/t11-/m0/s1. The lowest BCUT2D eigenvalue weighted by Crippen LogP contribution is -2.24. The molecule has 0 spiro atoms. The maximum absolute atomic E-state index is 10.4. The van der Waals surface area contributed by atoms with Gasteiger partial charge in [0.05, 0.1) is 6.42 Å². The fourth-order valence-corrected chi connectivity index (χ4v) is 1.56. The van der Waals surface area contributed by atoms with Crippen molar-refractivity contribution in [2.24, 2.45) is 5.73 Å². The molecule has 0 unspecified atom stereocenters. The Morgan fingerprint density at radius 2 is 2.13 bits per heavy atom. The molecule has 0 saturated carbocycles. The molecule has 1 aromatic carbocycles. The van der Waals surface area contributed by atoms with Crippen molar-refractivity contribution >= 4 is 5.97 Å². The van der Waals surface area contributed by atoms with Crippen LogP contribution in [0, 0.1) is 6.92 Å². The Labute approximate surface area is 89.9 Å². The van der Waals surface area contributed by atoms with Gasteiger partial charge in [0, 0.05) is 6.04 Å². The fourth-order valence-electron chi connectivity index (χ4n) is 1.56. The normalized spacial score (nSPS) is 12.4. The number of hydrogen-bond acceptors (Lipinski definition) is 2. The minimum Gasteiger partial charge on any atom is -0.481 e. The molecular formula is C12H17NO2. The van der Waals surface area contributed by atoms with Crippen LogP contribution in [0.5, 0.6) is 0 Å². The minimum atomic E-state index is -0.827. The van der Waals surface area contributed by atoms with Gasteiger partial charge in [0.25, 0.3) is 0 Å². The quantitative estimate of drug-likeness (QED) is 0.772. The predicted molar refractivity (Wildman–Crippen MR) is 59.7 cm³/mol. The first-order valence-electron chi connectivity index (χ1n) is 5.11. The Morgan fingerprint density at radius 1 is 1.47 bits per heavy atom. The van der Waals surface area contributed by atoms with E-state index < -0.39 is 5.97 Å². The van der Waals surface area contributed by atoms with Gasteiger partial charge in [-0.3, -0.25) is 4.79 Å². The Morgan fingerprint density at radius 3 is 2.73 bits per heavy atom. The number of hydrogen-bond donors (Lipinski definition) is 2. The molecule has 0 aliphatic heterocycles. The number of nitrogens with two attached hydrogens (primary N) is 1. The van der Waals surface area contributed by atoms with Crippen LogP contribution in [0.1, 0.15) is 24.0 Å². The van der Waals surface area contributed by atoms with Crippen molar-refractivity contribution in [2.45, 2.75) is 32.2 Å². The Bertz CT molecular complexity index is 336. The molecule has 0 aliphatic carbocycles. The molecule has 0 amide bonds. The zero-order valence-electron chi connectivity index (χ0n) is 8.94. The maximum Gasteiger partial charge on any atom is 0.304 e. The highest BCUT2D eigenvalue weighted by Gasteiger charge is 2.08. The lowest BCUT2D eigenvalue weighted by Gasteiger charge is -2.10. The van der Waals surface area contributed by atoms with Gasteiger partial charge in [0.15, 0.2) is 0 Å². The van der Waals surface area contributed by atoms with Crippen LogP contribution in [0.4, 0.5) is 0 Å². The molecule has 0 heterocycles. The second-order valence-electron chi connectivity index (χ2n) is 3.82. The summed E-state index contributed by atoms with van der Waals surface area (Å²) in [7, 11) is 0. The van der Waals surface area contributed by atoms with E-state index in [1.165, 1.54) is 11.1 Å². The van der Waals surface area contributed by atoms with E-state index in [0.29, 0.717) is 0 Å². The SMILES string of the molecule is Cc1ccccc1CC[C@H](N)CC(=O)O. The summed E-state index contributed by atoms with van der Waals surface area (Å²) in [4.78, 5) is 10.4. The fraction of sp³-hybridized carbons (Fsp3) is 0.417. The molecular weight excluding hydrogens is 190 g/mol. The zero-order chi connectivity index (χ0) is 11.3. The van der Waals surface area contributed by atoms with Gasteiger partial charge < -0.3 is 10.8 Å². The third-order valence-corrected chi connectivity index (χ3v) is 2.48. The average Bonchev–Trinajstić information content (AvgIpc) is 2.15. The first-order valence-corrected chi connectivity index (χ1v) is 5.11. The smallest absolute Gasteiger partial charge is 0.304 e. The molecule has 3 N–H and O–H groups in total. The van der Waals surface area contributed by atoms with Crippen molar-refractivity contribution < 1.29 is 9.90 Å². The molecule has 0 saturated heterocycles. The van der Waals surface area contributed by atoms with E-state index in [1.807, 2.05) is 12.1 Å². The van der Waals surface area contributed by atoms with Gasteiger partial charge >= 0.3 is 5.97 Å². The van der Waals surface area contributed by atoms with Gasteiger partial charge in [-0.1, -0.05) is 24.3 Å². The third kappa shape index (κ3) is 4.13. The molecule has 0 radical (unpaired) electrons. The molecule has 0 fully saturated rings. The summed E-state index contributed by atoms with van der Waals surface area (Å²) in [6.45, 7) is 2.05. The zero-order valence-corrected chi connectivity index (χ0v) is 8.94. The number of aliphatic carboxylic acids is 1. The van der Waals surface area contributed by atoms with Gasteiger partial charge in [-0.05, 0) is 30.9 Å². The molecule has 1 rings (SSSR count). The van der Waals surface area contributed by atoms with Gasteiger partial charge in [-0.25, -0.2) is 0 Å². The van der Waals surface area contributed by atoms with E-state index in [2.05, 4.69) is 19.1 Å². The first kappa shape index (κ1) is 11.7. The lowest BCUT2D eigenvalue weighted by atomic mass is 10.0. The molecule has 0 aromatic heterocycles. The molecule has 82 valence electrons. The average molecular weight is 207 g/mol. The van der Waals surface area contributed by atoms with E-state index in [-0.39, 0.29) is 12.5 Å². The molecule has 3 nitrogen and oxygen atoms in total. The Kier molecular flexibility index (Phi) is 4.31. The van der Waals surface area contributed by atoms with Crippen LogP contribution < -0.4 is 5.73 Å². The monoisotopic (exact) mass is 207 g/mol. The lowest BCUT2D eigenvalue weighted by molar-refractivity contribution is -0.137. The van der Waals surface area contributed by atoms with Gasteiger partial charge in [-0.15, -0.1) is 0 Å². The largest absolute Gasteiger partial charge is 0.481 e. The van der Waals surface area contributed by atoms with Crippen LogP contribution >= 0.6 is 0 Å². The second kappa shape index (κ2) is 5.51. The summed E-state index contributed by atoms with van der Waals surface area (Å²) in [5.74, 6) is -0.827. The van der Waals surface area contributed by atoms with Crippen molar-refractivity contribution in [3.63, 3.8) is 0 Å². The number of carbonyl (C=O) groups is 1. The highest BCUT2D eigenvalue weighted by Crippen LogP contribution is 2.11. The summed E-state index contributed by atoms with van der Waals surface area (Å²) < 4.78 is 0. The van der Waals surface area contributed by atoms with Crippen molar-refractivity contribution in [1.82, 2.24) is 0 Å². The van der Waals surface area contributed by atoms with Crippen LogP contribution in [-0.2, 0) is 11.2 Å². The minimum absolute atomic E-state index is 0.0475. The molecule has 0 bridgehead atoms. The van der Waals surface area contributed by atoms with E-state index in [1.54, 1.807) is 0 Å². The topological polar surface area (TPSA) is 63.3 Å². The molecule has 15 heavy (non-hydrogen) atoms. The van der Waals surface area contributed by atoms with Crippen LogP contribution in [0.3, 0.4) is 0 Å². The first-order chi connectivity index (χ1) is 7.09. The summed E-state index contributed by atoms with van der Waals surface area (Å²) in [6.07, 6.45) is 1.62. The van der Waals surface area contributed by atoms with Gasteiger partial charge in [0.1, 0.15) is 0 Å². The van der Waals surface area contributed by atoms with E-state index in [4.69, 9.17) is 10.8 Å². The Balaban J connectivity index is 2.43. The molecule has 0 aliphatic rings. The van der Waals surface area contributed by atoms with E-state index >= 15 is 0 Å². The van der Waals surface area contributed by atoms with Crippen LogP contribution in [0.25, 0.3) is 0 Å². The maximum atomic E-state index is 10.4. The highest BCUT2D eigenvalue weighted by atomic mass is 16.4. The highest BCUT2D eigenvalue weighted by molar-refractivity contribution is 5.67. The summed E-state index contributed by atoms with van der Waals surface area (Å²) >= 11 is 0. The number of carboxylic acid groups (broad SMARTS) is 1. The molecule has 1 aromatic rings. The number of benzene rings is 1. The van der Waals surface area contributed by atoms with E-state index in [0.717, 1.165) is 12.8 Å². The number of rotatable bonds is 5. The molecule has 1 atom stereocenters. The van der Waals surface area contributed by atoms with Crippen molar-refractivity contribution in [3.05, 3.63) is 35.4 Å². The van der Waals surface area contributed by atoms with Crippen molar-refractivity contribution in [2.75, 3.05) is 0 Å². The number of carboxylic acids is 1. The van der Waals surface area contributed by atoms with Crippen molar-refractivity contribution in [3.8, 4) is 0 Å². The van der Waals surface area contributed by atoms with Gasteiger partial charge in [0.2, 0.25) is 0 Å². The molecule has 3 heteroatoms. The predicted octanol–water partition coefficient (Wildman–Crippen LogP) is 1.73. The van der Waals surface area contributed by atoms with E-state index in [9.17, 15) is 4.79 Å². The third-order valence-electron chi connectivity index (χ3n) is 2.48. The van der Waals surface area contributed by atoms with Crippen LogP contribution in [0.15, 0.2) is 24.3 Å². The Hall–Kier alpha value is -1.35. The summed E-state index contributed by atoms with van der Waals surface area (Å²) in [5, 5.41) is 8.56. The summed E-state index contributed by atoms with van der Waals surface area (Å²) in [5.41, 5.74) is 8.18.